The minimum absolute atomic E-state index is 0.0698. The summed E-state index contributed by atoms with van der Waals surface area (Å²) in [5.41, 5.74) is 9.96. The Labute approximate surface area is 214 Å². The molecule has 180 valence electrons. The fourth-order valence-electron chi connectivity index (χ4n) is 3.73. The lowest BCUT2D eigenvalue weighted by Crippen LogP contribution is -2.28. The first-order valence-corrected chi connectivity index (χ1v) is 12.2. The zero-order chi connectivity index (χ0) is 25.9. The zero-order valence-electron chi connectivity index (χ0n) is 20.1. The van der Waals surface area contributed by atoms with Gasteiger partial charge in [0, 0.05) is 10.7 Å². The number of pyridine rings is 1. The molecule has 0 saturated carbocycles. The first kappa shape index (κ1) is 26.2. The van der Waals surface area contributed by atoms with Gasteiger partial charge in [-0.1, -0.05) is 41.6 Å². The zero-order valence-corrected chi connectivity index (χ0v) is 21.7. The van der Waals surface area contributed by atoms with Gasteiger partial charge in [-0.05, 0) is 57.4 Å². The highest BCUT2D eigenvalue weighted by molar-refractivity contribution is 7.99. The average molecular weight is 509 g/mol. The lowest BCUT2D eigenvalue weighted by Gasteiger charge is -2.29. The van der Waals surface area contributed by atoms with Crippen molar-refractivity contribution in [3.63, 3.8) is 0 Å². The van der Waals surface area contributed by atoms with E-state index in [1.54, 1.807) is 38.1 Å². The Morgan fingerprint density at radius 1 is 1.23 bits per heavy atom. The smallest absolute Gasteiger partial charge is 0.338 e. The Bertz CT molecular complexity index is 1340. The number of hydrogen-bond donors (Lipinski definition) is 1. The summed E-state index contributed by atoms with van der Waals surface area (Å²) in [6.45, 7) is 9.14. The molecule has 0 unspecified atom stereocenters. The lowest BCUT2D eigenvalue weighted by atomic mass is 9.83. The Morgan fingerprint density at radius 2 is 1.91 bits per heavy atom. The van der Waals surface area contributed by atoms with Gasteiger partial charge in [0.2, 0.25) is 5.88 Å². The number of benzene rings is 1. The molecule has 0 radical (unpaired) electrons. The second-order valence-electron chi connectivity index (χ2n) is 8.27. The Hall–Kier alpha value is -3.46. The average Bonchev–Trinajstić information content (AvgIpc) is 2.80. The van der Waals surface area contributed by atoms with Gasteiger partial charge < -0.3 is 15.2 Å². The number of nitriles is 2. The molecule has 2 heterocycles. The maximum Gasteiger partial charge on any atom is 0.338 e. The summed E-state index contributed by atoms with van der Waals surface area (Å²) < 4.78 is 11.3. The van der Waals surface area contributed by atoms with Crippen LogP contribution in [0.15, 0.2) is 52.1 Å². The van der Waals surface area contributed by atoms with Crippen LogP contribution in [0.4, 0.5) is 0 Å². The third-order valence-electron chi connectivity index (χ3n) is 5.69. The van der Waals surface area contributed by atoms with Gasteiger partial charge >= 0.3 is 5.97 Å². The van der Waals surface area contributed by atoms with Crippen LogP contribution in [0.1, 0.15) is 47.7 Å². The number of aromatic nitrogens is 1. The summed E-state index contributed by atoms with van der Waals surface area (Å²) in [6, 6.07) is 11.2. The van der Waals surface area contributed by atoms with Crippen molar-refractivity contribution >= 4 is 29.3 Å². The van der Waals surface area contributed by atoms with Crippen LogP contribution in [0.5, 0.6) is 0 Å². The van der Waals surface area contributed by atoms with Crippen molar-refractivity contribution in [3.8, 4) is 12.1 Å². The molecule has 1 aromatic carbocycles. The van der Waals surface area contributed by atoms with Crippen LogP contribution in [0.2, 0.25) is 5.02 Å². The fraction of sp³-hybridized carbons (Fsp3) is 0.308. The van der Waals surface area contributed by atoms with Gasteiger partial charge in [-0.3, -0.25) is 0 Å². The van der Waals surface area contributed by atoms with E-state index in [-0.39, 0.29) is 28.5 Å². The molecular formula is C26H25ClN4O3S. The van der Waals surface area contributed by atoms with E-state index in [4.69, 9.17) is 26.8 Å². The molecule has 1 aliphatic heterocycles. The van der Waals surface area contributed by atoms with Gasteiger partial charge in [-0.2, -0.15) is 10.5 Å². The maximum atomic E-state index is 13.3. The molecule has 35 heavy (non-hydrogen) atoms. The first-order chi connectivity index (χ1) is 16.6. The van der Waals surface area contributed by atoms with Crippen LogP contribution in [-0.2, 0) is 14.3 Å². The Kier molecular flexibility index (Phi) is 8.11. The molecule has 1 aliphatic rings. The molecule has 0 amide bonds. The molecule has 3 rings (SSSR count). The summed E-state index contributed by atoms with van der Waals surface area (Å²) >= 11 is 7.72. The highest BCUT2D eigenvalue weighted by atomic mass is 35.5. The van der Waals surface area contributed by atoms with Crippen molar-refractivity contribution in [2.45, 2.75) is 51.7 Å². The third-order valence-corrected chi connectivity index (χ3v) is 7.01. The summed E-state index contributed by atoms with van der Waals surface area (Å²) in [7, 11) is 0. The highest BCUT2D eigenvalue weighted by Crippen LogP contribution is 2.43. The number of thioether (sulfide) groups is 1. The van der Waals surface area contributed by atoms with E-state index < -0.39 is 18.0 Å². The molecule has 7 nitrogen and oxygen atoms in total. The standard InChI is InChI=1S/C26H25ClN4O3S/c1-13(2)33-26(32)23-21(12-35-25-18(10-28)15(4)14(3)16(5)31-25)34-24(30)19(11-29)22(23)17-8-6-7-9-20(17)27/h6-9,13,22H,12,30H2,1-5H3/t22-/m0/s1. The number of carbonyl (C=O) groups is 1. The number of allylic oxidation sites excluding steroid dienone is 1. The molecule has 1 aromatic heterocycles. The fourth-order valence-corrected chi connectivity index (χ4v) is 5.00. The number of halogens is 1. The van der Waals surface area contributed by atoms with Crippen molar-refractivity contribution in [1.82, 2.24) is 4.98 Å². The molecule has 0 fully saturated rings. The molecule has 2 N–H and O–H groups in total. The minimum atomic E-state index is -0.866. The lowest BCUT2D eigenvalue weighted by molar-refractivity contribution is -0.143. The van der Waals surface area contributed by atoms with Crippen LogP contribution in [-0.4, -0.2) is 22.8 Å². The van der Waals surface area contributed by atoms with Gasteiger partial charge in [0.25, 0.3) is 0 Å². The summed E-state index contributed by atoms with van der Waals surface area (Å²) in [6.07, 6.45) is -0.404. The van der Waals surface area contributed by atoms with Crippen molar-refractivity contribution in [2.24, 2.45) is 5.73 Å². The van der Waals surface area contributed by atoms with Crippen molar-refractivity contribution in [3.05, 3.63) is 80.0 Å². The van der Waals surface area contributed by atoms with E-state index in [9.17, 15) is 15.3 Å². The van der Waals surface area contributed by atoms with Gasteiger partial charge in [-0.25, -0.2) is 9.78 Å². The normalized spacial score (nSPS) is 15.5. The first-order valence-electron chi connectivity index (χ1n) is 10.9. The predicted octanol–water partition coefficient (Wildman–Crippen LogP) is 5.34. The monoisotopic (exact) mass is 508 g/mol. The van der Waals surface area contributed by atoms with Crippen LogP contribution >= 0.6 is 23.4 Å². The largest absolute Gasteiger partial charge is 0.459 e. The summed E-state index contributed by atoms with van der Waals surface area (Å²) in [4.78, 5) is 17.9. The molecule has 9 heteroatoms. The van der Waals surface area contributed by atoms with E-state index in [2.05, 4.69) is 17.1 Å². The molecule has 0 spiro atoms. The maximum absolute atomic E-state index is 13.3. The number of ether oxygens (including phenoxy) is 2. The molecule has 1 atom stereocenters. The van der Waals surface area contributed by atoms with E-state index in [1.807, 2.05) is 20.8 Å². The van der Waals surface area contributed by atoms with Crippen LogP contribution in [0.25, 0.3) is 0 Å². The predicted molar refractivity (Wildman–Crippen MR) is 134 cm³/mol. The quantitative estimate of drug-likeness (QED) is 0.410. The molecular weight excluding hydrogens is 484 g/mol. The van der Waals surface area contributed by atoms with Crippen LogP contribution in [0.3, 0.4) is 0 Å². The topological polar surface area (TPSA) is 122 Å². The van der Waals surface area contributed by atoms with Crippen LogP contribution in [0, 0.1) is 43.4 Å². The molecule has 0 bridgehead atoms. The van der Waals surface area contributed by atoms with Gasteiger partial charge in [0.05, 0.1) is 28.9 Å². The van der Waals surface area contributed by atoms with Gasteiger partial charge in [0.15, 0.2) is 0 Å². The summed E-state index contributed by atoms with van der Waals surface area (Å²) in [5.74, 6) is -1.26. The number of carbonyl (C=O) groups excluding carboxylic acids is 1. The second-order valence-corrected chi connectivity index (χ2v) is 9.64. The Morgan fingerprint density at radius 3 is 2.51 bits per heavy atom. The number of rotatable bonds is 6. The second kappa shape index (κ2) is 10.9. The third kappa shape index (κ3) is 5.30. The number of esters is 1. The van der Waals surface area contributed by atoms with Gasteiger partial charge in [0.1, 0.15) is 28.5 Å². The van der Waals surface area contributed by atoms with E-state index in [1.165, 1.54) is 11.8 Å². The minimum Gasteiger partial charge on any atom is -0.459 e. The van der Waals surface area contributed by atoms with Crippen molar-refractivity contribution < 1.29 is 14.3 Å². The Balaban J connectivity index is 2.16. The van der Waals surface area contributed by atoms with E-state index >= 15 is 0 Å². The summed E-state index contributed by atoms with van der Waals surface area (Å²) in [5, 5.41) is 20.5. The molecule has 2 aromatic rings. The number of nitrogens with two attached hydrogens (primary N) is 1. The number of aryl methyl sites for hydroxylation is 1. The SMILES string of the molecule is Cc1nc(SCC2=C(C(=O)OC(C)C)[C@@H](c3ccccc3Cl)C(C#N)=C(N)O2)c(C#N)c(C)c1C. The number of hydrogen-bond acceptors (Lipinski definition) is 8. The number of nitrogens with zero attached hydrogens (tertiary/aromatic N) is 3. The van der Waals surface area contributed by atoms with Crippen LogP contribution < -0.4 is 5.73 Å². The van der Waals surface area contributed by atoms with E-state index in [0.717, 1.165) is 16.8 Å². The van der Waals surface area contributed by atoms with Crippen molar-refractivity contribution in [2.75, 3.05) is 5.75 Å². The molecule has 0 aliphatic carbocycles. The van der Waals surface area contributed by atoms with E-state index in [0.29, 0.717) is 21.2 Å². The van der Waals surface area contributed by atoms with Gasteiger partial charge in [-0.15, -0.1) is 0 Å². The molecule has 0 saturated heterocycles. The van der Waals surface area contributed by atoms with Crippen molar-refractivity contribution in [1.29, 1.82) is 10.5 Å². The highest BCUT2D eigenvalue weighted by Gasteiger charge is 2.39.